The van der Waals surface area contributed by atoms with Gasteiger partial charge in [-0.3, -0.25) is 9.59 Å². The zero-order valence-electron chi connectivity index (χ0n) is 19.8. The molecule has 2 aromatic rings. The first-order chi connectivity index (χ1) is 16.4. The van der Waals surface area contributed by atoms with E-state index in [-0.39, 0.29) is 29.9 Å². The first kappa shape index (κ1) is 24.2. The number of carbonyl (C=O) groups excluding carboxylic acids is 2. The minimum atomic E-state index is -0.475. The molecule has 1 aromatic carbocycles. The van der Waals surface area contributed by atoms with Crippen LogP contribution in [0.25, 0.3) is 0 Å². The molecule has 34 heavy (non-hydrogen) atoms. The average Bonchev–Trinajstić information content (AvgIpc) is 2.80. The van der Waals surface area contributed by atoms with Crippen molar-refractivity contribution < 1.29 is 19.4 Å². The van der Waals surface area contributed by atoms with Crippen molar-refractivity contribution in [2.75, 3.05) is 17.7 Å². The Labute approximate surface area is 200 Å². The summed E-state index contributed by atoms with van der Waals surface area (Å²) in [5, 5.41) is 19.4. The fourth-order valence-electron chi connectivity index (χ4n) is 4.49. The maximum Gasteiger partial charge on any atom is 0.251 e. The molecule has 8 nitrogen and oxygen atoms in total. The van der Waals surface area contributed by atoms with Crippen LogP contribution in [0.15, 0.2) is 36.5 Å². The smallest absolute Gasteiger partial charge is 0.251 e. The standard InChI is InChI=1S/C26H34N4O4/c1-16-7-9-18(25(32)29-21-5-3-4-6-23(21)31)13-22(16)27-14-17-8-10-24(28-15-17)30-26(33)19-11-20(12-19)34-2/h7-10,13,15,19-21,23,27,31H,3-6,11-12,14H2,1-2H3,(H,29,32)(H,28,30,33)/t19?,20?,21-,23-/m0/s1. The summed E-state index contributed by atoms with van der Waals surface area (Å²) in [6, 6.07) is 9.10. The minimum absolute atomic E-state index is 0.0121. The van der Waals surface area contributed by atoms with Crippen molar-refractivity contribution in [3.63, 3.8) is 0 Å². The van der Waals surface area contributed by atoms with E-state index in [1.165, 1.54) is 0 Å². The number of pyridine rings is 1. The highest BCUT2D eigenvalue weighted by Crippen LogP contribution is 2.30. The Kier molecular flexibility index (Phi) is 7.80. The summed E-state index contributed by atoms with van der Waals surface area (Å²) in [6.45, 7) is 2.52. The van der Waals surface area contributed by atoms with Gasteiger partial charge in [0.2, 0.25) is 5.91 Å². The predicted octanol–water partition coefficient (Wildman–Crippen LogP) is 3.40. The van der Waals surface area contributed by atoms with Crippen LogP contribution in [0.2, 0.25) is 0 Å². The number of anilines is 2. The highest BCUT2D eigenvalue weighted by molar-refractivity contribution is 5.95. The largest absolute Gasteiger partial charge is 0.391 e. The van der Waals surface area contributed by atoms with Crippen LogP contribution < -0.4 is 16.0 Å². The summed E-state index contributed by atoms with van der Waals surface area (Å²) in [5.41, 5.74) is 3.42. The van der Waals surface area contributed by atoms with Crippen LogP contribution in [0.1, 0.15) is 60.0 Å². The molecule has 0 unspecified atom stereocenters. The van der Waals surface area contributed by atoms with E-state index in [1.54, 1.807) is 25.4 Å². The van der Waals surface area contributed by atoms with E-state index in [9.17, 15) is 14.7 Å². The maximum atomic E-state index is 12.7. The van der Waals surface area contributed by atoms with Crippen molar-refractivity contribution in [3.8, 4) is 0 Å². The lowest BCUT2D eigenvalue weighted by atomic mass is 9.81. The van der Waals surface area contributed by atoms with Gasteiger partial charge in [-0.15, -0.1) is 0 Å². The fourth-order valence-corrected chi connectivity index (χ4v) is 4.49. The Balaban J connectivity index is 1.30. The number of aliphatic hydroxyl groups excluding tert-OH is 1. The number of aromatic nitrogens is 1. The lowest BCUT2D eigenvalue weighted by Gasteiger charge is -2.32. The van der Waals surface area contributed by atoms with Gasteiger partial charge in [-0.25, -0.2) is 4.98 Å². The summed E-state index contributed by atoms with van der Waals surface area (Å²) in [5.74, 6) is 0.341. The summed E-state index contributed by atoms with van der Waals surface area (Å²) < 4.78 is 5.23. The molecular formula is C26H34N4O4. The molecule has 0 aliphatic heterocycles. The van der Waals surface area contributed by atoms with Gasteiger partial charge in [-0.05, 0) is 61.9 Å². The van der Waals surface area contributed by atoms with Crippen molar-refractivity contribution in [2.45, 2.75) is 70.2 Å². The van der Waals surface area contributed by atoms with Crippen LogP contribution in [0.4, 0.5) is 11.5 Å². The molecule has 1 aromatic heterocycles. The molecule has 2 aliphatic rings. The second-order valence-corrected chi connectivity index (χ2v) is 9.38. The molecule has 2 aliphatic carbocycles. The van der Waals surface area contributed by atoms with Gasteiger partial charge in [-0.2, -0.15) is 0 Å². The third kappa shape index (κ3) is 5.93. The van der Waals surface area contributed by atoms with Crippen LogP contribution in [-0.4, -0.2) is 47.3 Å². The van der Waals surface area contributed by atoms with Gasteiger partial charge in [0, 0.05) is 37.0 Å². The minimum Gasteiger partial charge on any atom is -0.391 e. The zero-order chi connectivity index (χ0) is 24.1. The molecule has 2 saturated carbocycles. The van der Waals surface area contributed by atoms with Crippen LogP contribution in [0.5, 0.6) is 0 Å². The maximum absolute atomic E-state index is 12.7. The third-order valence-electron chi connectivity index (χ3n) is 6.90. The van der Waals surface area contributed by atoms with Crippen molar-refractivity contribution in [1.29, 1.82) is 0 Å². The van der Waals surface area contributed by atoms with Crippen molar-refractivity contribution in [1.82, 2.24) is 10.3 Å². The molecule has 1 heterocycles. The van der Waals surface area contributed by atoms with E-state index in [0.29, 0.717) is 17.9 Å². The van der Waals surface area contributed by atoms with E-state index in [0.717, 1.165) is 55.3 Å². The molecule has 2 amide bonds. The number of aryl methyl sites for hydroxylation is 1. The number of benzene rings is 1. The Morgan fingerprint density at radius 3 is 2.65 bits per heavy atom. The Hall–Kier alpha value is -2.97. The Bertz CT molecular complexity index is 1000. The normalized spacial score (nSPS) is 24.1. The molecule has 2 fully saturated rings. The van der Waals surface area contributed by atoms with E-state index in [1.807, 2.05) is 25.1 Å². The monoisotopic (exact) mass is 466 g/mol. The third-order valence-corrected chi connectivity index (χ3v) is 6.90. The lowest BCUT2D eigenvalue weighted by Crippen LogP contribution is -2.45. The number of rotatable bonds is 8. The quantitative estimate of drug-likeness (QED) is 0.474. The lowest BCUT2D eigenvalue weighted by molar-refractivity contribution is -0.127. The number of methoxy groups -OCH3 is 1. The van der Waals surface area contributed by atoms with Crippen LogP contribution in [0, 0.1) is 12.8 Å². The van der Waals surface area contributed by atoms with Crippen LogP contribution >= 0.6 is 0 Å². The fraction of sp³-hybridized carbons (Fsp3) is 0.500. The van der Waals surface area contributed by atoms with E-state index >= 15 is 0 Å². The number of nitrogens with one attached hydrogen (secondary N) is 3. The first-order valence-electron chi connectivity index (χ1n) is 12.0. The van der Waals surface area contributed by atoms with Gasteiger partial charge in [-0.1, -0.05) is 25.0 Å². The van der Waals surface area contributed by atoms with E-state index in [2.05, 4.69) is 20.9 Å². The zero-order valence-corrected chi connectivity index (χ0v) is 19.8. The second kappa shape index (κ2) is 11.0. The number of amides is 2. The summed E-state index contributed by atoms with van der Waals surface area (Å²) in [7, 11) is 1.67. The Morgan fingerprint density at radius 1 is 1.15 bits per heavy atom. The van der Waals surface area contributed by atoms with Crippen molar-refractivity contribution in [3.05, 3.63) is 53.2 Å². The van der Waals surface area contributed by atoms with Crippen molar-refractivity contribution >= 4 is 23.3 Å². The molecule has 0 bridgehead atoms. The summed E-state index contributed by atoms with van der Waals surface area (Å²) in [6.07, 6.45) is 6.51. The van der Waals surface area contributed by atoms with E-state index in [4.69, 9.17) is 4.74 Å². The van der Waals surface area contributed by atoms with Crippen molar-refractivity contribution in [2.24, 2.45) is 5.92 Å². The second-order valence-electron chi connectivity index (χ2n) is 9.38. The molecule has 0 spiro atoms. The van der Waals surface area contributed by atoms with Crippen LogP contribution in [-0.2, 0) is 16.1 Å². The predicted molar refractivity (Wildman–Crippen MR) is 131 cm³/mol. The number of hydrogen-bond donors (Lipinski definition) is 4. The van der Waals surface area contributed by atoms with Gasteiger partial charge < -0.3 is 25.8 Å². The molecule has 4 rings (SSSR count). The van der Waals surface area contributed by atoms with Crippen LogP contribution in [0.3, 0.4) is 0 Å². The highest BCUT2D eigenvalue weighted by Gasteiger charge is 2.34. The molecule has 8 heteroatoms. The van der Waals surface area contributed by atoms with Gasteiger partial charge in [0.1, 0.15) is 5.82 Å². The van der Waals surface area contributed by atoms with Gasteiger partial charge in [0.05, 0.1) is 18.2 Å². The topological polar surface area (TPSA) is 113 Å². The molecule has 182 valence electrons. The van der Waals surface area contributed by atoms with Gasteiger partial charge in [0.15, 0.2) is 0 Å². The molecular weight excluding hydrogens is 432 g/mol. The number of hydrogen-bond acceptors (Lipinski definition) is 6. The SMILES string of the molecule is COC1CC(C(=O)Nc2ccc(CNc3cc(C(=O)N[C@H]4CCCC[C@@H]4O)ccc3C)cn2)C1. The Morgan fingerprint density at radius 2 is 1.94 bits per heavy atom. The molecule has 4 N–H and O–H groups in total. The van der Waals surface area contributed by atoms with Gasteiger partial charge >= 0.3 is 0 Å². The number of carbonyl (C=O) groups is 2. The molecule has 0 radical (unpaired) electrons. The van der Waals surface area contributed by atoms with Gasteiger partial charge in [0.25, 0.3) is 5.91 Å². The van der Waals surface area contributed by atoms with E-state index < -0.39 is 6.10 Å². The molecule has 0 saturated heterocycles. The summed E-state index contributed by atoms with van der Waals surface area (Å²) in [4.78, 5) is 29.3. The average molecular weight is 467 g/mol. The first-order valence-corrected chi connectivity index (χ1v) is 12.0. The molecule has 2 atom stereocenters. The highest BCUT2D eigenvalue weighted by atomic mass is 16.5. The summed E-state index contributed by atoms with van der Waals surface area (Å²) >= 11 is 0. The number of nitrogens with zero attached hydrogens (tertiary/aromatic N) is 1. The number of ether oxygens (including phenoxy) is 1. The number of aliphatic hydroxyl groups is 1.